The summed E-state index contributed by atoms with van der Waals surface area (Å²) in [6.07, 6.45) is 2.11. The molecule has 0 spiro atoms. The number of nitrogens with one attached hydrogen (secondary N) is 1. The summed E-state index contributed by atoms with van der Waals surface area (Å²) in [7, 11) is 0. The SMILES string of the molecule is O=C(NC(CC1CC1)C(=O)O)c1cc(F)cc([N+](=O)[O-])c1Br. The van der Waals surface area contributed by atoms with E-state index in [0.717, 1.165) is 18.9 Å². The first kappa shape index (κ1) is 16.3. The van der Waals surface area contributed by atoms with Crippen molar-refractivity contribution in [2.24, 2.45) is 5.92 Å². The molecule has 1 saturated carbocycles. The zero-order valence-electron chi connectivity index (χ0n) is 11.2. The number of hydrogen-bond acceptors (Lipinski definition) is 4. The Hall–Kier alpha value is -2.03. The molecule has 0 saturated heterocycles. The number of carboxylic acid groups (broad SMARTS) is 1. The minimum Gasteiger partial charge on any atom is -0.480 e. The lowest BCUT2D eigenvalue weighted by Gasteiger charge is -2.14. The highest BCUT2D eigenvalue weighted by molar-refractivity contribution is 9.10. The summed E-state index contributed by atoms with van der Waals surface area (Å²) in [4.78, 5) is 33.2. The van der Waals surface area contributed by atoms with E-state index in [9.17, 15) is 24.1 Å². The van der Waals surface area contributed by atoms with E-state index in [1.54, 1.807) is 0 Å². The first-order valence-corrected chi connectivity index (χ1v) is 7.26. The van der Waals surface area contributed by atoms with Gasteiger partial charge in [-0.1, -0.05) is 12.8 Å². The Morgan fingerprint density at radius 1 is 1.50 bits per heavy atom. The molecule has 1 unspecified atom stereocenters. The second kappa shape index (κ2) is 6.39. The van der Waals surface area contributed by atoms with Gasteiger partial charge in [-0.25, -0.2) is 9.18 Å². The van der Waals surface area contributed by atoms with Gasteiger partial charge in [-0.05, 0) is 34.3 Å². The van der Waals surface area contributed by atoms with Crippen LogP contribution >= 0.6 is 15.9 Å². The third kappa shape index (κ3) is 3.79. The third-order valence-electron chi connectivity index (χ3n) is 3.33. The molecule has 0 aromatic heterocycles. The summed E-state index contributed by atoms with van der Waals surface area (Å²) in [5.41, 5.74) is -0.909. The van der Waals surface area contributed by atoms with E-state index in [1.807, 2.05) is 0 Å². The van der Waals surface area contributed by atoms with Crippen molar-refractivity contribution in [3.8, 4) is 0 Å². The van der Waals surface area contributed by atoms with Crippen molar-refractivity contribution in [1.82, 2.24) is 5.32 Å². The van der Waals surface area contributed by atoms with Gasteiger partial charge >= 0.3 is 5.97 Å². The van der Waals surface area contributed by atoms with Crippen molar-refractivity contribution in [2.45, 2.75) is 25.3 Å². The molecule has 1 aromatic carbocycles. The number of carbonyl (C=O) groups excluding carboxylic acids is 1. The second-order valence-corrected chi connectivity index (χ2v) is 5.88. The minimum absolute atomic E-state index is 0.188. The van der Waals surface area contributed by atoms with Crippen molar-refractivity contribution in [3.05, 3.63) is 38.1 Å². The molecular formula is C13H12BrFN2O5. The molecule has 118 valence electrons. The number of aliphatic carboxylic acids is 1. The number of rotatable bonds is 6. The average molecular weight is 375 g/mol. The Morgan fingerprint density at radius 2 is 2.14 bits per heavy atom. The largest absolute Gasteiger partial charge is 0.480 e. The Labute approximate surface area is 132 Å². The normalized spacial score (nSPS) is 15.2. The number of nitrogens with zero attached hydrogens (tertiary/aromatic N) is 1. The molecule has 2 N–H and O–H groups in total. The van der Waals surface area contributed by atoms with Gasteiger partial charge in [0, 0.05) is 0 Å². The molecule has 1 atom stereocenters. The molecule has 9 heteroatoms. The van der Waals surface area contributed by atoms with Crippen LogP contribution in [0.1, 0.15) is 29.6 Å². The summed E-state index contributed by atoms with van der Waals surface area (Å²) in [5, 5.41) is 22.2. The Bertz CT molecular complexity index is 648. The summed E-state index contributed by atoms with van der Waals surface area (Å²) in [5.74, 6) is -2.76. The van der Waals surface area contributed by atoms with Crippen LogP contribution in [0.5, 0.6) is 0 Å². The number of nitro groups is 1. The van der Waals surface area contributed by atoms with Crippen molar-refractivity contribution >= 4 is 33.5 Å². The maximum atomic E-state index is 13.4. The second-order valence-electron chi connectivity index (χ2n) is 5.09. The number of carboxylic acids is 1. The van der Waals surface area contributed by atoms with Gasteiger partial charge in [-0.2, -0.15) is 0 Å². The molecule has 0 heterocycles. The summed E-state index contributed by atoms with van der Waals surface area (Å²) in [6.45, 7) is 0. The minimum atomic E-state index is -1.19. The molecular weight excluding hydrogens is 363 g/mol. The van der Waals surface area contributed by atoms with Gasteiger partial charge in [0.05, 0.1) is 16.6 Å². The molecule has 1 fully saturated rings. The number of benzene rings is 1. The summed E-state index contributed by atoms with van der Waals surface area (Å²) >= 11 is 2.89. The van der Waals surface area contributed by atoms with E-state index in [2.05, 4.69) is 21.2 Å². The fraction of sp³-hybridized carbons (Fsp3) is 0.385. The first-order valence-electron chi connectivity index (χ1n) is 6.46. The lowest BCUT2D eigenvalue weighted by Crippen LogP contribution is -2.41. The maximum Gasteiger partial charge on any atom is 0.326 e. The van der Waals surface area contributed by atoms with Gasteiger partial charge in [0.15, 0.2) is 0 Å². The molecule has 7 nitrogen and oxygen atoms in total. The smallest absolute Gasteiger partial charge is 0.326 e. The highest BCUT2D eigenvalue weighted by Crippen LogP contribution is 2.34. The molecule has 0 aliphatic heterocycles. The van der Waals surface area contributed by atoms with E-state index in [4.69, 9.17) is 5.11 Å². The topological polar surface area (TPSA) is 110 Å². The number of amides is 1. The molecule has 1 aromatic rings. The standard InChI is InChI=1S/C13H12BrFN2O5/c14-11-8(4-7(15)5-10(11)17(21)22)12(18)16-9(13(19)20)3-6-1-2-6/h4-6,9H,1-3H2,(H,16,18)(H,19,20). The van der Waals surface area contributed by atoms with Crippen LogP contribution < -0.4 is 5.32 Å². The molecule has 1 aliphatic rings. The van der Waals surface area contributed by atoms with Gasteiger partial charge < -0.3 is 10.4 Å². The van der Waals surface area contributed by atoms with E-state index < -0.39 is 34.3 Å². The number of halogens is 2. The number of hydrogen-bond donors (Lipinski definition) is 2. The number of nitro benzene ring substituents is 1. The zero-order valence-corrected chi connectivity index (χ0v) is 12.8. The predicted molar refractivity (Wildman–Crippen MR) is 77.0 cm³/mol. The predicted octanol–water partition coefficient (Wildman–Crippen LogP) is 2.48. The Morgan fingerprint density at radius 3 is 2.64 bits per heavy atom. The van der Waals surface area contributed by atoms with Gasteiger partial charge in [0.1, 0.15) is 16.3 Å². The van der Waals surface area contributed by atoms with E-state index >= 15 is 0 Å². The molecule has 2 rings (SSSR count). The van der Waals surface area contributed by atoms with Crippen molar-refractivity contribution in [2.75, 3.05) is 0 Å². The monoisotopic (exact) mass is 374 g/mol. The molecule has 1 amide bonds. The van der Waals surface area contributed by atoms with E-state index in [-0.39, 0.29) is 22.4 Å². The fourth-order valence-electron chi connectivity index (χ4n) is 2.02. The Balaban J connectivity index is 2.24. The van der Waals surface area contributed by atoms with Crippen LogP contribution in [-0.4, -0.2) is 27.9 Å². The van der Waals surface area contributed by atoms with Gasteiger partial charge in [0.25, 0.3) is 11.6 Å². The molecule has 0 bridgehead atoms. The van der Waals surface area contributed by atoms with E-state index in [1.165, 1.54) is 0 Å². The molecule has 22 heavy (non-hydrogen) atoms. The zero-order chi connectivity index (χ0) is 16.4. The van der Waals surface area contributed by atoms with Crippen LogP contribution in [0.4, 0.5) is 10.1 Å². The van der Waals surface area contributed by atoms with Crippen molar-refractivity contribution in [1.29, 1.82) is 0 Å². The highest BCUT2D eigenvalue weighted by Gasteiger charge is 2.31. The van der Waals surface area contributed by atoms with Gasteiger partial charge in [-0.3, -0.25) is 14.9 Å². The average Bonchev–Trinajstić information content (AvgIpc) is 3.23. The van der Waals surface area contributed by atoms with Crippen molar-refractivity contribution < 1.29 is 24.0 Å². The Kier molecular flexibility index (Phi) is 4.74. The quantitative estimate of drug-likeness (QED) is 0.587. The summed E-state index contributed by atoms with van der Waals surface area (Å²) < 4.78 is 13.2. The fourth-order valence-corrected chi connectivity index (χ4v) is 2.57. The number of carbonyl (C=O) groups is 2. The van der Waals surface area contributed by atoms with Crippen LogP contribution in [0.3, 0.4) is 0 Å². The van der Waals surface area contributed by atoms with Crippen LogP contribution in [0.2, 0.25) is 0 Å². The van der Waals surface area contributed by atoms with Gasteiger partial charge in [0.2, 0.25) is 0 Å². The van der Waals surface area contributed by atoms with E-state index in [0.29, 0.717) is 6.07 Å². The van der Waals surface area contributed by atoms with Gasteiger partial charge in [-0.15, -0.1) is 0 Å². The van der Waals surface area contributed by atoms with Crippen LogP contribution in [0, 0.1) is 21.8 Å². The van der Waals surface area contributed by atoms with Crippen molar-refractivity contribution in [3.63, 3.8) is 0 Å². The molecule has 1 aliphatic carbocycles. The summed E-state index contributed by atoms with van der Waals surface area (Å²) in [6, 6.07) is 0.400. The lowest BCUT2D eigenvalue weighted by molar-refractivity contribution is -0.385. The van der Waals surface area contributed by atoms with Crippen LogP contribution in [0.25, 0.3) is 0 Å². The third-order valence-corrected chi connectivity index (χ3v) is 4.16. The highest BCUT2D eigenvalue weighted by atomic mass is 79.9. The lowest BCUT2D eigenvalue weighted by atomic mass is 10.1. The maximum absolute atomic E-state index is 13.4. The van der Waals surface area contributed by atoms with Crippen LogP contribution in [-0.2, 0) is 4.79 Å². The first-order chi connectivity index (χ1) is 10.3. The van der Waals surface area contributed by atoms with Crippen LogP contribution in [0.15, 0.2) is 16.6 Å². The molecule has 0 radical (unpaired) electrons.